The van der Waals surface area contributed by atoms with Crippen LogP contribution in [0.15, 0.2) is 73.1 Å². The first-order valence-corrected chi connectivity index (χ1v) is 11.6. The molecular weight excluding hydrogens is 494 g/mol. The predicted molar refractivity (Wildman–Crippen MR) is 125 cm³/mol. The molecule has 3 aromatic rings. The predicted octanol–water partition coefficient (Wildman–Crippen LogP) is 0.464. The largest absolute Gasteiger partial charge is 1.00 e. The highest BCUT2D eigenvalue weighted by atomic mass is 79.9. The molecule has 1 aliphatic rings. The van der Waals surface area contributed by atoms with Gasteiger partial charge in [0.05, 0.1) is 0 Å². The summed E-state index contributed by atoms with van der Waals surface area (Å²) >= 11 is 0. The van der Waals surface area contributed by atoms with Crippen LogP contribution in [0.3, 0.4) is 0 Å². The molecule has 2 unspecified atom stereocenters. The molecule has 180 valence electrons. The highest BCUT2D eigenvalue weighted by Crippen LogP contribution is 2.49. The summed E-state index contributed by atoms with van der Waals surface area (Å²) in [4.78, 5) is 24.3. The quantitative estimate of drug-likeness (QED) is 0.343. The molecule has 1 aromatic heterocycles. The maximum Gasteiger partial charge on any atom is 0.302 e. The number of ether oxygens (including phenoxy) is 1. The van der Waals surface area contributed by atoms with E-state index in [4.69, 9.17) is 10.5 Å². The Bertz CT molecular complexity index is 1080. The van der Waals surface area contributed by atoms with E-state index in [0.29, 0.717) is 13.2 Å². The summed E-state index contributed by atoms with van der Waals surface area (Å²) in [7, 11) is 0. The maximum absolute atomic E-state index is 13.3. The molecule has 1 heterocycles. The van der Waals surface area contributed by atoms with Crippen molar-refractivity contribution in [3.63, 3.8) is 0 Å². The van der Waals surface area contributed by atoms with Crippen molar-refractivity contribution in [1.82, 2.24) is 4.57 Å². The van der Waals surface area contributed by atoms with Gasteiger partial charge in [-0.2, -0.15) is 0 Å². The van der Waals surface area contributed by atoms with Gasteiger partial charge in [-0.3, -0.25) is 9.59 Å². The van der Waals surface area contributed by atoms with E-state index in [2.05, 4.69) is 22.3 Å². The third-order valence-electron chi connectivity index (χ3n) is 7.09. The molecule has 1 saturated carbocycles. The molecule has 0 bridgehead atoms. The second kappa shape index (κ2) is 11.0. The Hall–Kier alpha value is -2.93. The third-order valence-corrected chi connectivity index (χ3v) is 7.09. The smallest absolute Gasteiger partial charge is 0.302 e. The van der Waals surface area contributed by atoms with Crippen LogP contribution in [0.4, 0.5) is 0 Å². The minimum Gasteiger partial charge on any atom is -1.00 e. The lowest BCUT2D eigenvalue weighted by atomic mass is 9.64. The second-order valence-electron chi connectivity index (χ2n) is 8.85. The molecule has 2 N–H and O–H groups in total. The van der Waals surface area contributed by atoms with Crippen molar-refractivity contribution in [3.05, 3.63) is 90.0 Å². The summed E-state index contributed by atoms with van der Waals surface area (Å²) in [5.41, 5.74) is 7.26. The van der Waals surface area contributed by atoms with Crippen LogP contribution in [0.1, 0.15) is 49.2 Å². The Morgan fingerprint density at radius 1 is 1.06 bits per heavy atom. The number of nitrogens with zero attached hydrogens (tertiary/aromatic N) is 2. The van der Waals surface area contributed by atoms with Gasteiger partial charge in [-0.1, -0.05) is 60.7 Å². The molecular formula is C27H32BrN3O3. The number of nitrogens with two attached hydrogens (primary N) is 1. The zero-order chi connectivity index (χ0) is 23.4. The number of esters is 1. The molecule has 0 radical (unpaired) electrons. The molecule has 1 amide bonds. The van der Waals surface area contributed by atoms with Crippen LogP contribution in [-0.4, -0.2) is 23.1 Å². The lowest BCUT2D eigenvalue weighted by molar-refractivity contribution is -0.703. The zero-order valence-electron chi connectivity index (χ0n) is 19.7. The Morgan fingerprint density at radius 3 is 2.18 bits per heavy atom. The molecule has 6 nitrogen and oxygen atoms in total. The molecule has 1 aliphatic carbocycles. The number of aromatic nitrogens is 2. The van der Waals surface area contributed by atoms with E-state index in [9.17, 15) is 9.59 Å². The molecule has 2 aromatic carbocycles. The lowest BCUT2D eigenvalue weighted by Crippen LogP contribution is -3.00. The summed E-state index contributed by atoms with van der Waals surface area (Å²) in [5, 5.41) is 0. The standard InChI is InChI=1S/C27H31N3O3.BrH/c1-20-29(17-18-33-21(2)31)15-16-30(20)25-14-13-24(19-25)27(26(28)32,22-9-5-3-6-10-22)23-11-7-4-8-12-23;/h3-12,15-16,24-25H,13-14,17-19H2,1-2H3,(H-,28,32);1H. The van der Waals surface area contributed by atoms with Gasteiger partial charge in [0.25, 0.3) is 5.82 Å². The van der Waals surface area contributed by atoms with Crippen LogP contribution in [0, 0.1) is 12.8 Å². The average Bonchev–Trinajstić information content (AvgIpc) is 3.43. The van der Waals surface area contributed by atoms with Crippen LogP contribution in [0.25, 0.3) is 0 Å². The molecule has 2 atom stereocenters. The SMILES string of the molecule is CC(=O)OCC[n+]1ccn(C2CCC(C(C(N)=O)(c3ccccc3)c3ccccc3)C2)c1C.[Br-]. The Kier molecular flexibility index (Phi) is 8.31. The van der Waals surface area contributed by atoms with Gasteiger partial charge in [-0.25, -0.2) is 9.13 Å². The van der Waals surface area contributed by atoms with Gasteiger partial charge in [0, 0.05) is 13.8 Å². The number of benzene rings is 2. The summed E-state index contributed by atoms with van der Waals surface area (Å²) in [5.74, 6) is 0.625. The second-order valence-corrected chi connectivity index (χ2v) is 8.85. The van der Waals surface area contributed by atoms with Gasteiger partial charge < -0.3 is 27.5 Å². The van der Waals surface area contributed by atoms with E-state index in [1.54, 1.807) is 0 Å². The van der Waals surface area contributed by atoms with Crippen molar-refractivity contribution in [2.75, 3.05) is 6.61 Å². The van der Waals surface area contributed by atoms with E-state index < -0.39 is 5.41 Å². The average molecular weight is 526 g/mol. The number of hydrogen-bond acceptors (Lipinski definition) is 3. The molecule has 0 aliphatic heterocycles. The summed E-state index contributed by atoms with van der Waals surface area (Å²) in [6, 6.07) is 20.2. The third kappa shape index (κ3) is 4.80. The Labute approximate surface area is 211 Å². The van der Waals surface area contributed by atoms with E-state index >= 15 is 0 Å². The van der Waals surface area contributed by atoms with Crippen LogP contribution in [0.5, 0.6) is 0 Å². The van der Waals surface area contributed by atoms with Crippen LogP contribution in [0.2, 0.25) is 0 Å². The van der Waals surface area contributed by atoms with Gasteiger partial charge in [-0.15, -0.1) is 0 Å². The van der Waals surface area contributed by atoms with Crippen molar-refractivity contribution < 1.29 is 35.9 Å². The molecule has 0 saturated heterocycles. The minimum atomic E-state index is -0.871. The van der Waals surface area contributed by atoms with Crippen LogP contribution < -0.4 is 27.3 Å². The first kappa shape index (κ1) is 25.7. The number of hydrogen-bond donors (Lipinski definition) is 1. The van der Waals surface area contributed by atoms with Crippen molar-refractivity contribution in [2.45, 2.75) is 51.1 Å². The maximum atomic E-state index is 13.3. The van der Waals surface area contributed by atoms with E-state index in [1.165, 1.54) is 6.92 Å². The highest BCUT2D eigenvalue weighted by molar-refractivity contribution is 5.91. The zero-order valence-corrected chi connectivity index (χ0v) is 21.3. The Balaban J connectivity index is 0.00000324. The summed E-state index contributed by atoms with van der Waals surface area (Å²) in [6.45, 7) is 4.47. The van der Waals surface area contributed by atoms with Crippen molar-refractivity contribution in [1.29, 1.82) is 0 Å². The first-order valence-electron chi connectivity index (χ1n) is 11.6. The fourth-order valence-electron chi connectivity index (χ4n) is 5.56. The van der Waals surface area contributed by atoms with E-state index in [0.717, 1.165) is 36.2 Å². The van der Waals surface area contributed by atoms with E-state index in [1.807, 2.05) is 66.9 Å². The van der Waals surface area contributed by atoms with Crippen LogP contribution in [-0.2, 0) is 26.3 Å². The van der Waals surface area contributed by atoms with Gasteiger partial charge >= 0.3 is 5.97 Å². The molecule has 7 heteroatoms. The van der Waals surface area contributed by atoms with Gasteiger partial charge in [0.15, 0.2) is 0 Å². The lowest BCUT2D eigenvalue weighted by Gasteiger charge is -2.37. The minimum absolute atomic E-state index is 0. The molecule has 0 spiro atoms. The molecule has 4 rings (SSSR count). The number of halogens is 1. The fraction of sp³-hybridized carbons (Fsp3) is 0.370. The number of carbonyl (C=O) groups excluding carboxylic acids is 2. The summed E-state index contributed by atoms with van der Waals surface area (Å²) in [6.07, 6.45) is 6.85. The normalized spacial score (nSPS) is 17.7. The van der Waals surface area contributed by atoms with E-state index in [-0.39, 0.29) is 40.8 Å². The number of rotatable bonds is 8. The Morgan fingerprint density at radius 2 is 1.65 bits per heavy atom. The number of carbonyl (C=O) groups is 2. The number of primary amides is 1. The molecule has 34 heavy (non-hydrogen) atoms. The number of amides is 1. The molecule has 1 fully saturated rings. The highest BCUT2D eigenvalue weighted by Gasteiger charge is 2.51. The van der Waals surface area contributed by atoms with Gasteiger partial charge in [-0.05, 0) is 36.3 Å². The first-order chi connectivity index (χ1) is 15.9. The topological polar surface area (TPSA) is 78.2 Å². The van der Waals surface area contributed by atoms with Crippen molar-refractivity contribution in [3.8, 4) is 0 Å². The van der Waals surface area contributed by atoms with Gasteiger partial charge in [0.2, 0.25) is 5.91 Å². The summed E-state index contributed by atoms with van der Waals surface area (Å²) < 4.78 is 9.49. The van der Waals surface area contributed by atoms with Gasteiger partial charge in [0.1, 0.15) is 37.0 Å². The van der Waals surface area contributed by atoms with Crippen LogP contribution >= 0.6 is 0 Å². The van der Waals surface area contributed by atoms with Crippen molar-refractivity contribution in [2.24, 2.45) is 11.7 Å². The van der Waals surface area contributed by atoms with Crippen molar-refractivity contribution >= 4 is 11.9 Å². The fourth-order valence-corrected chi connectivity index (χ4v) is 5.56. The monoisotopic (exact) mass is 525 g/mol. The number of imidazole rings is 1.